The smallest absolute Gasteiger partial charge is 0.254 e. The van der Waals surface area contributed by atoms with E-state index in [1.807, 2.05) is 0 Å². The van der Waals surface area contributed by atoms with Crippen LogP contribution in [0.25, 0.3) is 0 Å². The first-order chi connectivity index (χ1) is 10.8. The molecule has 0 radical (unpaired) electrons. The zero-order chi connectivity index (χ0) is 16.8. The number of carbonyl (C=O) groups is 2. The summed E-state index contributed by atoms with van der Waals surface area (Å²) in [5.41, 5.74) is 0.0427. The van der Waals surface area contributed by atoms with Gasteiger partial charge in [-0.25, -0.2) is 17.9 Å². The second-order valence-corrected chi connectivity index (χ2v) is 7.33. The zero-order valence-electron chi connectivity index (χ0n) is 12.2. The molecule has 0 spiro atoms. The van der Waals surface area contributed by atoms with Crippen LogP contribution >= 0.6 is 0 Å². The maximum atomic E-state index is 13.9. The van der Waals surface area contributed by atoms with Crippen molar-refractivity contribution in [2.24, 2.45) is 5.14 Å². The van der Waals surface area contributed by atoms with Gasteiger partial charge in [-0.05, 0) is 31.0 Å². The van der Waals surface area contributed by atoms with E-state index in [9.17, 15) is 22.4 Å². The quantitative estimate of drug-likeness (QED) is 0.787. The molecule has 23 heavy (non-hydrogen) atoms. The van der Waals surface area contributed by atoms with Gasteiger partial charge in [-0.3, -0.25) is 9.59 Å². The maximum Gasteiger partial charge on any atom is 0.254 e. The first-order valence-corrected chi connectivity index (χ1v) is 8.73. The van der Waals surface area contributed by atoms with Crippen molar-refractivity contribution in [1.29, 1.82) is 0 Å². The number of primary sulfonamides is 1. The van der Waals surface area contributed by atoms with E-state index in [2.05, 4.69) is 5.32 Å². The van der Waals surface area contributed by atoms with E-state index in [-0.39, 0.29) is 30.0 Å². The standard InChI is InChI=1S/C14H16FN3O4S/c15-11-5-8(1-4-12(11)23(16,21)22)14(20)18-9-2-3-10(18)7-17-13(19)6-9/h1,4-5,9-10H,2-3,6-7H2,(H,17,19)(H2,16,21,22). The van der Waals surface area contributed by atoms with Crippen molar-refractivity contribution in [1.82, 2.24) is 10.2 Å². The van der Waals surface area contributed by atoms with Crippen LogP contribution in [-0.2, 0) is 14.8 Å². The van der Waals surface area contributed by atoms with Crippen LogP contribution in [0.1, 0.15) is 29.6 Å². The van der Waals surface area contributed by atoms with Crippen LogP contribution in [0.4, 0.5) is 4.39 Å². The van der Waals surface area contributed by atoms with Crippen LogP contribution in [0.5, 0.6) is 0 Å². The Kier molecular flexibility index (Phi) is 3.85. The van der Waals surface area contributed by atoms with Gasteiger partial charge in [-0.1, -0.05) is 0 Å². The molecule has 2 saturated heterocycles. The molecule has 2 amide bonds. The van der Waals surface area contributed by atoms with Gasteiger partial charge in [0.2, 0.25) is 15.9 Å². The molecule has 0 saturated carbocycles. The number of benzene rings is 1. The molecular weight excluding hydrogens is 325 g/mol. The van der Waals surface area contributed by atoms with Crippen molar-refractivity contribution in [3.05, 3.63) is 29.6 Å². The number of halogens is 1. The SMILES string of the molecule is NS(=O)(=O)c1ccc(C(=O)N2C3CCC2CC(=O)NC3)cc1F. The second-order valence-electron chi connectivity index (χ2n) is 5.80. The highest BCUT2D eigenvalue weighted by Gasteiger charge is 2.40. The number of sulfonamides is 1. The monoisotopic (exact) mass is 341 g/mol. The molecule has 2 fully saturated rings. The van der Waals surface area contributed by atoms with Crippen molar-refractivity contribution in [2.45, 2.75) is 36.2 Å². The molecule has 1 aromatic carbocycles. The van der Waals surface area contributed by atoms with Crippen molar-refractivity contribution in [3.8, 4) is 0 Å². The number of carbonyl (C=O) groups excluding carboxylic acids is 2. The third kappa shape index (κ3) is 2.93. The van der Waals surface area contributed by atoms with E-state index in [1.54, 1.807) is 4.90 Å². The summed E-state index contributed by atoms with van der Waals surface area (Å²) in [4.78, 5) is 25.2. The summed E-state index contributed by atoms with van der Waals surface area (Å²) in [7, 11) is -4.18. The van der Waals surface area contributed by atoms with Crippen molar-refractivity contribution in [2.75, 3.05) is 6.54 Å². The number of hydrogen-bond donors (Lipinski definition) is 2. The molecule has 124 valence electrons. The normalized spacial score (nSPS) is 24.3. The third-order valence-corrected chi connectivity index (χ3v) is 5.24. The summed E-state index contributed by atoms with van der Waals surface area (Å²) in [5.74, 6) is -1.57. The summed E-state index contributed by atoms with van der Waals surface area (Å²) >= 11 is 0. The molecule has 9 heteroatoms. The molecule has 7 nitrogen and oxygen atoms in total. The Labute approximate surface area is 132 Å². The van der Waals surface area contributed by atoms with Gasteiger partial charge < -0.3 is 10.2 Å². The van der Waals surface area contributed by atoms with Crippen molar-refractivity contribution < 1.29 is 22.4 Å². The lowest BCUT2D eigenvalue weighted by Gasteiger charge is -2.27. The summed E-state index contributed by atoms with van der Waals surface area (Å²) in [6.45, 7) is 0.374. The van der Waals surface area contributed by atoms with E-state index in [4.69, 9.17) is 5.14 Å². The summed E-state index contributed by atoms with van der Waals surface area (Å²) in [5, 5.41) is 7.66. The van der Waals surface area contributed by atoms with Crippen molar-refractivity contribution in [3.63, 3.8) is 0 Å². The van der Waals surface area contributed by atoms with Crippen LogP contribution < -0.4 is 10.5 Å². The molecule has 2 aliphatic rings. The van der Waals surface area contributed by atoms with E-state index in [1.165, 1.54) is 6.07 Å². The molecule has 2 atom stereocenters. The van der Waals surface area contributed by atoms with Crippen LogP contribution in [0.2, 0.25) is 0 Å². The predicted molar refractivity (Wildman–Crippen MR) is 78.4 cm³/mol. The molecular formula is C14H16FN3O4S. The van der Waals surface area contributed by atoms with Gasteiger partial charge in [0.15, 0.2) is 0 Å². The first kappa shape index (κ1) is 15.9. The zero-order valence-corrected chi connectivity index (χ0v) is 13.0. The van der Waals surface area contributed by atoms with E-state index in [0.717, 1.165) is 25.0 Å². The Morgan fingerprint density at radius 3 is 2.65 bits per heavy atom. The van der Waals surface area contributed by atoms with Crippen LogP contribution in [-0.4, -0.2) is 43.8 Å². The molecule has 2 heterocycles. The van der Waals surface area contributed by atoms with Gasteiger partial charge >= 0.3 is 0 Å². The van der Waals surface area contributed by atoms with Crippen LogP contribution in [0.3, 0.4) is 0 Å². The topological polar surface area (TPSA) is 110 Å². The van der Waals surface area contributed by atoms with E-state index < -0.39 is 26.6 Å². The summed E-state index contributed by atoms with van der Waals surface area (Å²) in [6, 6.07) is 2.77. The molecule has 0 aromatic heterocycles. The third-order valence-electron chi connectivity index (χ3n) is 4.30. The minimum absolute atomic E-state index is 0.0427. The number of amides is 2. The lowest BCUT2D eigenvalue weighted by molar-refractivity contribution is -0.121. The lowest BCUT2D eigenvalue weighted by atomic mass is 10.1. The molecule has 2 unspecified atom stereocenters. The summed E-state index contributed by atoms with van der Waals surface area (Å²) in [6.07, 6.45) is 1.72. The number of hydrogen-bond acceptors (Lipinski definition) is 4. The fourth-order valence-electron chi connectivity index (χ4n) is 3.23. The van der Waals surface area contributed by atoms with Gasteiger partial charge in [-0.15, -0.1) is 0 Å². The van der Waals surface area contributed by atoms with Gasteiger partial charge in [0.25, 0.3) is 5.91 Å². The highest BCUT2D eigenvalue weighted by atomic mass is 32.2. The van der Waals surface area contributed by atoms with Crippen LogP contribution in [0.15, 0.2) is 23.1 Å². The average molecular weight is 341 g/mol. The number of nitrogens with zero attached hydrogens (tertiary/aromatic N) is 1. The van der Waals surface area contributed by atoms with Crippen LogP contribution in [0, 0.1) is 5.82 Å². The largest absolute Gasteiger partial charge is 0.354 e. The van der Waals surface area contributed by atoms with E-state index >= 15 is 0 Å². The second kappa shape index (κ2) is 5.57. The van der Waals surface area contributed by atoms with Gasteiger partial charge in [-0.2, -0.15) is 0 Å². The Bertz CT molecular complexity index is 780. The lowest BCUT2D eigenvalue weighted by Crippen LogP contribution is -2.42. The maximum absolute atomic E-state index is 13.9. The molecule has 2 bridgehead atoms. The average Bonchev–Trinajstić information content (AvgIpc) is 2.76. The number of nitrogens with two attached hydrogens (primary N) is 1. The first-order valence-electron chi connectivity index (χ1n) is 7.19. The summed E-state index contributed by atoms with van der Waals surface area (Å²) < 4.78 is 36.4. The van der Waals surface area contributed by atoms with Crippen molar-refractivity contribution >= 4 is 21.8 Å². The Morgan fingerprint density at radius 2 is 2.00 bits per heavy atom. The Morgan fingerprint density at radius 1 is 1.30 bits per heavy atom. The number of fused-ring (bicyclic) bond motifs is 2. The molecule has 0 aliphatic carbocycles. The number of nitrogens with one attached hydrogen (secondary N) is 1. The molecule has 1 aromatic rings. The highest BCUT2D eigenvalue weighted by molar-refractivity contribution is 7.89. The van der Waals surface area contributed by atoms with Gasteiger partial charge in [0.1, 0.15) is 10.7 Å². The Hall–Kier alpha value is -2.00. The molecule has 2 aliphatic heterocycles. The molecule has 3 N–H and O–H groups in total. The van der Waals surface area contributed by atoms with Gasteiger partial charge in [0.05, 0.1) is 0 Å². The number of rotatable bonds is 2. The molecule has 3 rings (SSSR count). The fourth-order valence-corrected chi connectivity index (χ4v) is 3.81. The minimum atomic E-state index is -4.18. The predicted octanol–water partition coefficient (Wildman–Crippen LogP) is -0.0338. The van der Waals surface area contributed by atoms with E-state index in [0.29, 0.717) is 6.54 Å². The fraction of sp³-hybridized carbons (Fsp3) is 0.429. The van der Waals surface area contributed by atoms with Gasteiger partial charge in [0, 0.05) is 30.6 Å². The highest BCUT2D eigenvalue weighted by Crippen LogP contribution is 2.30. The minimum Gasteiger partial charge on any atom is -0.354 e. The Balaban J connectivity index is 1.92.